The van der Waals surface area contributed by atoms with Gasteiger partial charge in [0.25, 0.3) is 5.91 Å². The van der Waals surface area contributed by atoms with E-state index in [-0.39, 0.29) is 47.4 Å². The molecule has 0 atom stereocenters. The van der Waals surface area contributed by atoms with Crippen LogP contribution in [0.2, 0.25) is 5.02 Å². The van der Waals surface area contributed by atoms with Gasteiger partial charge in [-0.3, -0.25) is 4.79 Å². The highest BCUT2D eigenvalue weighted by atomic mass is 35.5. The summed E-state index contributed by atoms with van der Waals surface area (Å²) in [6.45, 7) is 1.38. The summed E-state index contributed by atoms with van der Waals surface area (Å²) >= 11 is 6.31. The lowest BCUT2D eigenvalue weighted by molar-refractivity contribution is -0.136. The summed E-state index contributed by atoms with van der Waals surface area (Å²) in [5.74, 6) is -1.68. The predicted molar refractivity (Wildman–Crippen MR) is 129 cm³/mol. The summed E-state index contributed by atoms with van der Waals surface area (Å²) in [7, 11) is 0. The largest absolute Gasteiger partial charge is 0.507 e. The van der Waals surface area contributed by atoms with Gasteiger partial charge in [0, 0.05) is 25.6 Å². The third kappa shape index (κ3) is 7.25. The van der Waals surface area contributed by atoms with Gasteiger partial charge in [-0.15, -0.1) is 0 Å². The number of cyclic esters (lactones) is 1. The molecule has 8 nitrogen and oxygen atoms in total. The topological polar surface area (TPSA) is 109 Å². The first-order chi connectivity index (χ1) is 16.5. The number of hydrogen-bond donors (Lipinski definition) is 2. The van der Waals surface area contributed by atoms with E-state index in [1.807, 2.05) is 18.2 Å². The van der Waals surface area contributed by atoms with Gasteiger partial charge in [0.1, 0.15) is 17.1 Å². The van der Waals surface area contributed by atoms with Gasteiger partial charge in [0.2, 0.25) is 0 Å². The molecule has 2 heterocycles. The van der Waals surface area contributed by atoms with Crippen molar-refractivity contribution in [1.82, 2.24) is 4.90 Å². The normalized spacial score (nSPS) is 21.0. The van der Waals surface area contributed by atoms with Gasteiger partial charge >= 0.3 is 5.97 Å². The molecule has 0 aliphatic carbocycles. The molecule has 1 amide bonds. The van der Waals surface area contributed by atoms with Crippen LogP contribution in [0.5, 0.6) is 11.5 Å². The smallest absolute Gasteiger partial charge is 0.342 e. The number of likely N-dealkylation sites (tertiary alicyclic amines) is 1. The van der Waals surface area contributed by atoms with Gasteiger partial charge in [-0.25, -0.2) is 4.79 Å². The summed E-state index contributed by atoms with van der Waals surface area (Å²) in [5.41, 5.74) is 0.416. The summed E-state index contributed by atoms with van der Waals surface area (Å²) in [6.07, 6.45) is 13.8. The van der Waals surface area contributed by atoms with Gasteiger partial charge in [-0.05, 0) is 43.7 Å². The third-order valence-corrected chi connectivity index (χ3v) is 6.13. The fourth-order valence-corrected chi connectivity index (χ4v) is 4.12. The summed E-state index contributed by atoms with van der Waals surface area (Å²) < 4.78 is 5.28. The molecule has 34 heavy (non-hydrogen) atoms. The van der Waals surface area contributed by atoms with Gasteiger partial charge in [0.05, 0.1) is 17.3 Å². The SMILES string of the molecule is O=C1OCC/C=C/CC/C=C/C(=NOCC(=O)N2CCCCCC2)Cc2c(Cl)c(O)cc(O)c21. The number of phenols is 2. The lowest BCUT2D eigenvalue weighted by atomic mass is 9.99. The lowest BCUT2D eigenvalue weighted by Crippen LogP contribution is -2.34. The van der Waals surface area contributed by atoms with Crippen LogP contribution >= 0.6 is 11.6 Å². The van der Waals surface area contributed by atoms with Crippen LogP contribution in [-0.4, -0.2) is 59.0 Å². The molecule has 2 aliphatic rings. The number of fused-ring (bicyclic) bond motifs is 1. The van der Waals surface area contributed by atoms with Gasteiger partial charge in [0.15, 0.2) is 6.61 Å². The second-order valence-electron chi connectivity index (χ2n) is 8.29. The molecule has 2 N–H and O–H groups in total. The minimum absolute atomic E-state index is 0.0184. The first-order valence-corrected chi connectivity index (χ1v) is 12.0. The maximum Gasteiger partial charge on any atom is 0.342 e. The Bertz CT molecular complexity index is 965. The first-order valence-electron chi connectivity index (χ1n) is 11.7. The number of ether oxygens (including phenoxy) is 1. The highest BCUT2D eigenvalue weighted by Gasteiger charge is 2.24. The van der Waals surface area contributed by atoms with E-state index in [1.54, 1.807) is 11.0 Å². The standard InChI is InChI=1S/C25H31ClN2O6/c26-24-19-15-18(27-34-17-22(31)28-12-8-4-5-9-13-28)11-7-3-1-2-6-10-14-33-25(32)23(19)20(29)16-21(24)30/h2,6-7,11,16,29-30H,1,3-5,8-10,12-15,17H2/b6-2+,11-7+,27-18?. The molecular weight excluding hydrogens is 460 g/mol. The molecule has 3 rings (SSSR count). The second kappa shape index (κ2) is 13.0. The number of amides is 1. The second-order valence-corrected chi connectivity index (χ2v) is 8.66. The molecule has 1 fully saturated rings. The van der Waals surface area contributed by atoms with Crippen LogP contribution in [-0.2, 0) is 20.8 Å². The zero-order valence-electron chi connectivity index (χ0n) is 19.2. The molecule has 0 radical (unpaired) electrons. The number of nitrogens with zero attached hydrogens (tertiary/aromatic N) is 2. The fraction of sp³-hybridized carbons (Fsp3) is 0.480. The van der Waals surface area contributed by atoms with Crippen molar-refractivity contribution < 1.29 is 29.4 Å². The number of carbonyl (C=O) groups is 2. The molecule has 0 unspecified atom stereocenters. The predicted octanol–water partition coefficient (Wildman–Crippen LogP) is 4.52. The third-order valence-electron chi connectivity index (χ3n) is 5.71. The summed E-state index contributed by atoms with van der Waals surface area (Å²) in [5, 5.41) is 24.5. The molecular formula is C25H31ClN2O6. The van der Waals surface area contributed by atoms with E-state index < -0.39 is 11.7 Å². The van der Waals surface area contributed by atoms with E-state index in [0.717, 1.165) is 57.7 Å². The Morgan fingerprint density at radius 2 is 1.76 bits per heavy atom. The summed E-state index contributed by atoms with van der Waals surface area (Å²) in [4.78, 5) is 32.4. The number of allylic oxidation sites excluding steroid dienone is 3. The van der Waals surface area contributed by atoms with Crippen molar-refractivity contribution in [2.75, 3.05) is 26.3 Å². The molecule has 9 heteroatoms. The number of rotatable bonds is 3. The number of hydrogen-bond acceptors (Lipinski definition) is 7. The quantitative estimate of drug-likeness (QED) is 0.366. The van der Waals surface area contributed by atoms with Crippen molar-refractivity contribution in [3.05, 3.63) is 46.5 Å². The Kier molecular flexibility index (Phi) is 9.82. The maximum atomic E-state index is 12.7. The Labute approximate surface area is 204 Å². The van der Waals surface area contributed by atoms with Crippen molar-refractivity contribution in [1.29, 1.82) is 0 Å². The number of phenolic OH excluding ortho intramolecular Hbond substituents is 2. The Balaban J connectivity index is 1.84. The average molecular weight is 491 g/mol. The van der Waals surface area contributed by atoms with Crippen molar-refractivity contribution in [3.8, 4) is 11.5 Å². The van der Waals surface area contributed by atoms with E-state index in [0.29, 0.717) is 12.1 Å². The lowest BCUT2D eigenvalue weighted by Gasteiger charge is -2.19. The van der Waals surface area contributed by atoms with Gasteiger partial charge < -0.3 is 24.7 Å². The molecule has 0 aromatic heterocycles. The van der Waals surface area contributed by atoms with Crippen LogP contribution in [0, 0.1) is 0 Å². The first kappa shape index (κ1) is 25.6. The Morgan fingerprint density at radius 3 is 2.53 bits per heavy atom. The molecule has 184 valence electrons. The van der Waals surface area contributed by atoms with Crippen LogP contribution in [0.25, 0.3) is 0 Å². The number of esters is 1. The van der Waals surface area contributed by atoms with Crippen LogP contribution < -0.4 is 0 Å². The van der Waals surface area contributed by atoms with Crippen LogP contribution in [0.4, 0.5) is 0 Å². The van der Waals surface area contributed by atoms with Crippen LogP contribution in [0.3, 0.4) is 0 Å². The molecule has 1 aromatic rings. The average Bonchev–Trinajstić information content (AvgIpc) is 3.10. The van der Waals surface area contributed by atoms with E-state index in [4.69, 9.17) is 21.2 Å². The highest BCUT2D eigenvalue weighted by Crippen LogP contribution is 2.37. The highest BCUT2D eigenvalue weighted by molar-refractivity contribution is 6.33. The molecule has 1 saturated heterocycles. The van der Waals surface area contributed by atoms with E-state index in [9.17, 15) is 19.8 Å². The molecule has 2 aliphatic heterocycles. The van der Waals surface area contributed by atoms with Gasteiger partial charge in [-0.2, -0.15) is 0 Å². The van der Waals surface area contributed by atoms with Crippen LogP contribution in [0.1, 0.15) is 60.9 Å². The number of halogens is 1. The zero-order chi connectivity index (χ0) is 24.3. The zero-order valence-corrected chi connectivity index (χ0v) is 19.9. The number of carbonyl (C=O) groups excluding carboxylic acids is 2. The van der Waals surface area contributed by atoms with Crippen molar-refractivity contribution in [3.63, 3.8) is 0 Å². The minimum Gasteiger partial charge on any atom is -0.507 e. The van der Waals surface area contributed by atoms with Crippen molar-refractivity contribution in [2.24, 2.45) is 5.16 Å². The monoisotopic (exact) mass is 490 g/mol. The summed E-state index contributed by atoms with van der Waals surface area (Å²) in [6, 6.07) is 1.01. The fourth-order valence-electron chi connectivity index (χ4n) is 3.90. The van der Waals surface area contributed by atoms with Crippen molar-refractivity contribution >= 4 is 29.2 Å². The number of aromatic hydroxyl groups is 2. The molecule has 0 saturated carbocycles. The number of benzene rings is 1. The van der Waals surface area contributed by atoms with Crippen molar-refractivity contribution in [2.45, 2.75) is 51.4 Å². The minimum atomic E-state index is -0.750. The Morgan fingerprint density at radius 1 is 1.06 bits per heavy atom. The maximum absolute atomic E-state index is 12.7. The molecule has 1 aromatic carbocycles. The molecule has 0 bridgehead atoms. The van der Waals surface area contributed by atoms with E-state index >= 15 is 0 Å². The van der Waals surface area contributed by atoms with Crippen LogP contribution in [0.15, 0.2) is 35.5 Å². The van der Waals surface area contributed by atoms with E-state index in [2.05, 4.69) is 5.16 Å². The van der Waals surface area contributed by atoms with E-state index in [1.165, 1.54) is 0 Å². The Hall–Kier alpha value is -3.00. The molecule has 0 spiro atoms. The van der Waals surface area contributed by atoms with Gasteiger partial charge in [-0.1, -0.05) is 47.8 Å². The number of oxime groups is 1.